The number of aromatic hydroxyl groups is 1. The van der Waals surface area contributed by atoms with Gasteiger partial charge in [0.05, 0.1) is 5.56 Å². The van der Waals surface area contributed by atoms with Crippen LogP contribution in [0.1, 0.15) is 65.5 Å². The Hall–Kier alpha value is -1.59. The van der Waals surface area contributed by atoms with Crippen molar-refractivity contribution >= 4 is 11.3 Å². The van der Waals surface area contributed by atoms with Crippen molar-refractivity contribution in [3.63, 3.8) is 0 Å². The summed E-state index contributed by atoms with van der Waals surface area (Å²) in [6.45, 7) is 3.81. The van der Waals surface area contributed by atoms with Crippen molar-refractivity contribution in [2.75, 3.05) is 13.2 Å². The summed E-state index contributed by atoms with van der Waals surface area (Å²) in [7, 11) is 0. The first-order valence-electron chi connectivity index (χ1n) is 10.5. The molecule has 0 radical (unpaired) electrons. The van der Waals surface area contributed by atoms with E-state index >= 15 is 0 Å². The van der Waals surface area contributed by atoms with Gasteiger partial charge in [-0.2, -0.15) is 0 Å². The smallest absolute Gasteiger partial charge is 0.343 e. The van der Waals surface area contributed by atoms with Crippen LogP contribution in [0.4, 0.5) is 0 Å². The monoisotopic (exact) mass is 400 g/mol. The lowest BCUT2D eigenvalue weighted by molar-refractivity contribution is 0.177. The number of ether oxygens (including phenoxy) is 1. The molecule has 3 heterocycles. The molecule has 28 heavy (non-hydrogen) atoms. The van der Waals surface area contributed by atoms with Crippen molar-refractivity contribution in [2.24, 2.45) is 17.3 Å². The molecule has 2 atom stereocenters. The lowest BCUT2D eigenvalue weighted by Gasteiger charge is -2.19. The Morgan fingerprint density at radius 3 is 2.68 bits per heavy atom. The van der Waals surface area contributed by atoms with E-state index in [1.165, 1.54) is 17.7 Å². The third-order valence-electron chi connectivity index (χ3n) is 6.74. The molecule has 3 fully saturated rings. The van der Waals surface area contributed by atoms with Gasteiger partial charge in [0, 0.05) is 41.4 Å². The lowest BCUT2D eigenvalue weighted by atomic mass is 9.87. The largest absolute Gasteiger partial charge is 0.507 e. The zero-order valence-corrected chi connectivity index (χ0v) is 17.2. The lowest BCUT2D eigenvalue weighted by Crippen LogP contribution is -2.18. The van der Waals surface area contributed by atoms with E-state index in [2.05, 4.69) is 19.1 Å². The summed E-state index contributed by atoms with van der Waals surface area (Å²) in [4.78, 5) is 15.3. The minimum Gasteiger partial charge on any atom is -0.507 e. The zero-order chi connectivity index (χ0) is 19.3. The molecule has 0 spiro atoms. The molecule has 1 saturated heterocycles. The Morgan fingerprint density at radius 1 is 1.29 bits per heavy atom. The Morgan fingerprint density at radius 2 is 2.11 bits per heavy atom. The maximum Gasteiger partial charge on any atom is 0.343 e. The predicted octanol–water partition coefficient (Wildman–Crippen LogP) is 5.01. The third kappa shape index (κ3) is 3.67. The van der Waals surface area contributed by atoms with Gasteiger partial charge < -0.3 is 14.3 Å². The van der Waals surface area contributed by atoms with Gasteiger partial charge in [-0.1, -0.05) is 0 Å². The molecule has 1 aliphatic heterocycles. The molecule has 0 amide bonds. The number of aryl methyl sites for hydroxylation is 1. The van der Waals surface area contributed by atoms with Crippen LogP contribution in [0, 0.1) is 24.2 Å². The second kappa shape index (κ2) is 7.03. The summed E-state index contributed by atoms with van der Waals surface area (Å²) in [6.07, 6.45) is 7.59. The van der Waals surface area contributed by atoms with Crippen LogP contribution >= 0.6 is 11.3 Å². The molecule has 2 aromatic heterocycles. The van der Waals surface area contributed by atoms with Crippen molar-refractivity contribution in [3.8, 4) is 5.75 Å². The van der Waals surface area contributed by atoms with Crippen LogP contribution in [0.15, 0.2) is 27.4 Å². The normalized spacial score (nSPS) is 24.4. The van der Waals surface area contributed by atoms with Crippen LogP contribution in [0.25, 0.3) is 0 Å². The second-order valence-corrected chi connectivity index (χ2v) is 10.5. The van der Waals surface area contributed by atoms with E-state index in [4.69, 9.17) is 9.15 Å². The van der Waals surface area contributed by atoms with E-state index in [1.807, 2.05) is 0 Å². The Balaban J connectivity index is 1.40. The van der Waals surface area contributed by atoms with Crippen LogP contribution in [-0.2, 0) is 11.2 Å². The topological polar surface area (TPSA) is 59.7 Å². The van der Waals surface area contributed by atoms with Gasteiger partial charge in [0.2, 0.25) is 0 Å². The summed E-state index contributed by atoms with van der Waals surface area (Å²) < 4.78 is 11.3. The van der Waals surface area contributed by atoms with Crippen molar-refractivity contribution < 1.29 is 14.3 Å². The van der Waals surface area contributed by atoms with Crippen LogP contribution in [-0.4, -0.2) is 18.3 Å². The summed E-state index contributed by atoms with van der Waals surface area (Å²) in [5.41, 5.74) is 0.350. The van der Waals surface area contributed by atoms with E-state index < -0.39 is 0 Å². The van der Waals surface area contributed by atoms with Gasteiger partial charge in [0.15, 0.2) is 0 Å². The van der Waals surface area contributed by atoms with Crippen LogP contribution in [0.3, 0.4) is 0 Å². The fourth-order valence-corrected chi connectivity index (χ4v) is 6.01. The first-order chi connectivity index (χ1) is 13.5. The van der Waals surface area contributed by atoms with Crippen LogP contribution < -0.4 is 5.63 Å². The van der Waals surface area contributed by atoms with Gasteiger partial charge in [-0.05, 0) is 74.8 Å². The highest BCUT2D eigenvalue weighted by atomic mass is 32.1. The van der Waals surface area contributed by atoms with Gasteiger partial charge >= 0.3 is 5.63 Å². The van der Waals surface area contributed by atoms with E-state index in [0.717, 1.165) is 50.2 Å². The third-order valence-corrected chi connectivity index (χ3v) is 7.83. The number of rotatable bonds is 7. The Kier molecular flexibility index (Phi) is 4.63. The quantitative estimate of drug-likeness (QED) is 0.710. The molecule has 5 heteroatoms. The minimum atomic E-state index is -0.349. The highest BCUT2D eigenvalue weighted by Gasteiger charge is 2.45. The van der Waals surface area contributed by atoms with Crippen LogP contribution in [0.5, 0.6) is 5.75 Å². The molecule has 2 aromatic rings. The molecular weight excluding hydrogens is 372 g/mol. The standard InChI is InChI=1S/C23H28O4S/c1-14-2-5-19(28-14)20(16-3-4-16)21-18(24)10-17(27-22(21)25)12-23(7-8-23)11-15-6-9-26-13-15/h2,5,10,15-16,20,24H,3-4,6-9,11-13H2,1H3. The highest BCUT2D eigenvalue weighted by Crippen LogP contribution is 2.54. The van der Waals surface area contributed by atoms with Crippen molar-refractivity contribution in [2.45, 2.75) is 57.8 Å². The van der Waals surface area contributed by atoms with Gasteiger partial charge in [-0.15, -0.1) is 11.3 Å². The molecule has 3 aliphatic rings. The molecule has 150 valence electrons. The summed E-state index contributed by atoms with van der Waals surface area (Å²) >= 11 is 1.71. The van der Waals surface area contributed by atoms with E-state index in [0.29, 0.717) is 23.2 Å². The van der Waals surface area contributed by atoms with Crippen molar-refractivity contribution in [1.29, 1.82) is 0 Å². The molecule has 2 saturated carbocycles. The highest BCUT2D eigenvalue weighted by molar-refractivity contribution is 7.12. The maximum atomic E-state index is 12.9. The van der Waals surface area contributed by atoms with Crippen molar-refractivity contribution in [1.82, 2.24) is 0 Å². The molecule has 4 nitrogen and oxygen atoms in total. The molecular formula is C23H28O4S. The summed E-state index contributed by atoms with van der Waals surface area (Å²) in [5, 5.41) is 10.8. The van der Waals surface area contributed by atoms with Crippen molar-refractivity contribution in [3.05, 3.63) is 49.7 Å². The van der Waals surface area contributed by atoms with E-state index in [9.17, 15) is 9.90 Å². The molecule has 0 aromatic carbocycles. The zero-order valence-electron chi connectivity index (χ0n) is 16.4. The van der Waals surface area contributed by atoms with Gasteiger partial charge in [-0.3, -0.25) is 0 Å². The Bertz CT molecular complexity index is 913. The maximum absolute atomic E-state index is 12.9. The number of hydrogen-bond donors (Lipinski definition) is 1. The fraction of sp³-hybridized carbons (Fsp3) is 0.609. The van der Waals surface area contributed by atoms with Gasteiger partial charge in [0.25, 0.3) is 0 Å². The van der Waals surface area contributed by atoms with Gasteiger partial charge in [0.1, 0.15) is 11.5 Å². The second-order valence-electron chi connectivity index (χ2n) is 9.17. The van der Waals surface area contributed by atoms with E-state index in [1.54, 1.807) is 17.4 Å². The fourth-order valence-electron chi connectivity index (χ4n) is 4.93. The molecule has 2 unspecified atom stereocenters. The number of hydrogen-bond acceptors (Lipinski definition) is 5. The van der Waals surface area contributed by atoms with Gasteiger partial charge in [-0.25, -0.2) is 4.79 Å². The summed E-state index contributed by atoms with van der Waals surface area (Å²) in [5.74, 6) is 1.79. The average molecular weight is 401 g/mol. The number of thiophene rings is 1. The van der Waals surface area contributed by atoms with Crippen LogP contribution in [0.2, 0.25) is 0 Å². The minimum absolute atomic E-state index is 0.0328. The average Bonchev–Trinajstić information content (AvgIpc) is 3.51. The molecule has 1 N–H and O–H groups in total. The molecule has 0 bridgehead atoms. The first kappa shape index (κ1) is 18.4. The molecule has 2 aliphatic carbocycles. The molecule has 5 rings (SSSR count). The summed E-state index contributed by atoms with van der Waals surface area (Å²) in [6, 6.07) is 5.91. The predicted molar refractivity (Wildman–Crippen MR) is 109 cm³/mol. The SMILES string of the molecule is Cc1ccc(C(c2c(O)cc(CC3(CC4CCOC4)CC3)oc2=O)C2CC2)s1. The first-order valence-corrected chi connectivity index (χ1v) is 11.3. The van der Waals surface area contributed by atoms with E-state index in [-0.39, 0.29) is 22.7 Å². The Labute approximate surface area is 169 Å².